The maximum atomic E-state index is 11.8. The molecule has 17 heavy (non-hydrogen) atoms. The lowest BCUT2D eigenvalue weighted by Gasteiger charge is -2.04. The van der Waals surface area contributed by atoms with Gasteiger partial charge in [0.15, 0.2) is 0 Å². The Kier molecular flexibility index (Phi) is 6.07. The predicted molar refractivity (Wildman–Crippen MR) is 68.8 cm³/mol. The van der Waals surface area contributed by atoms with E-state index >= 15 is 0 Å². The van der Waals surface area contributed by atoms with Crippen molar-refractivity contribution in [3.05, 3.63) is 17.0 Å². The van der Waals surface area contributed by atoms with Crippen LogP contribution < -0.4 is 10.0 Å². The molecule has 0 saturated heterocycles. The molecule has 0 aliphatic carbocycles. The average Bonchev–Trinajstić information content (AvgIpc) is 2.74. The van der Waals surface area contributed by atoms with Crippen molar-refractivity contribution in [3.8, 4) is 0 Å². The molecule has 0 amide bonds. The first-order valence-electron chi connectivity index (χ1n) is 5.41. The molecule has 1 heterocycles. The van der Waals surface area contributed by atoms with E-state index in [4.69, 9.17) is 4.74 Å². The number of hydrogen-bond acceptors (Lipinski definition) is 5. The second-order valence-electron chi connectivity index (χ2n) is 3.35. The minimum absolute atomic E-state index is 0.301. The SMILES string of the molecule is CCOCCNS(=O)(=O)c1ccc(CNC)s1. The highest BCUT2D eigenvalue weighted by Gasteiger charge is 2.15. The molecule has 1 rings (SSSR count). The smallest absolute Gasteiger partial charge is 0.250 e. The van der Waals surface area contributed by atoms with E-state index in [2.05, 4.69) is 10.0 Å². The van der Waals surface area contributed by atoms with Crippen molar-refractivity contribution >= 4 is 21.4 Å². The first-order valence-corrected chi connectivity index (χ1v) is 7.71. The van der Waals surface area contributed by atoms with Crippen LogP contribution in [0.2, 0.25) is 0 Å². The quantitative estimate of drug-likeness (QED) is 0.690. The van der Waals surface area contributed by atoms with Gasteiger partial charge in [0.1, 0.15) is 4.21 Å². The van der Waals surface area contributed by atoms with Crippen LogP contribution in [0.15, 0.2) is 16.3 Å². The van der Waals surface area contributed by atoms with E-state index in [0.717, 1.165) is 4.88 Å². The molecule has 1 aromatic rings. The van der Waals surface area contributed by atoms with Gasteiger partial charge in [-0.15, -0.1) is 11.3 Å². The molecule has 2 N–H and O–H groups in total. The summed E-state index contributed by atoms with van der Waals surface area (Å²) in [5.74, 6) is 0. The highest BCUT2D eigenvalue weighted by molar-refractivity contribution is 7.91. The van der Waals surface area contributed by atoms with Crippen molar-refractivity contribution in [2.75, 3.05) is 26.8 Å². The van der Waals surface area contributed by atoms with E-state index in [-0.39, 0.29) is 0 Å². The Morgan fingerprint density at radius 3 is 2.82 bits per heavy atom. The fourth-order valence-corrected chi connectivity index (χ4v) is 3.66. The Morgan fingerprint density at radius 2 is 2.18 bits per heavy atom. The molecule has 5 nitrogen and oxygen atoms in total. The van der Waals surface area contributed by atoms with Gasteiger partial charge in [-0.2, -0.15) is 0 Å². The van der Waals surface area contributed by atoms with Gasteiger partial charge < -0.3 is 10.1 Å². The number of rotatable bonds is 8. The minimum atomic E-state index is -3.38. The minimum Gasteiger partial charge on any atom is -0.380 e. The Hall–Kier alpha value is -0.470. The van der Waals surface area contributed by atoms with Crippen molar-refractivity contribution in [3.63, 3.8) is 0 Å². The van der Waals surface area contributed by atoms with Crippen molar-refractivity contribution in [1.82, 2.24) is 10.0 Å². The third-order valence-corrected chi connectivity index (χ3v) is 5.03. The van der Waals surface area contributed by atoms with Gasteiger partial charge in [-0.1, -0.05) is 0 Å². The Labute approximate surface area is 106 Å². The second kappa shape index (κ2) is 7.07. The van der Waals surface area contributed by atoms with Crippen LogP contribution in [-0.2, 0) is 21.3 Å². The molecule has 0 unspecified atom stereocenters. The topological polar surface area (TPSA) is 67.4 Å². The van der Waals surface area contributed by atoms with Crippen LogP contribution in [0.3, 0.4) is 0 Å². The van der Waals surface area contributed by atoms with Gasteiger partial charge in [0.2, 0.25) is 10.0 Å². The molecule has 0 aliphatic rings. The number of ether oxygens (including phenoxy) is 1. The van der Waals surface area contributed by atoms with E-state index in [9.17, 15) is 8.42 Å². The molecule has 98 valence electrons. The van der Waals surface area contributed by atoms with Crippen LogP contribution in [0, 0.1) is 0 Å². The van der Waals surface area contributed by atoms with Gasteiger partial charge in [-0.05, 0) is 26.1 Å². The molecular weight excluding hydrogens is 260 g/mol. The zero-order valence-electron chi connectivity index (χ0n) is 10.0. The maximum absolute atomic E-state index is 11.8. The van der Waals surface area contributed by atoms with E-state index in [1.54, 1.807) is 6.07 Å². The Balaban J connectivity index is 2.56. The standard InChI is InChI=1S/C10H18N2O3S2/c1-3-15-7-6-12-17(13,14)10-5-4-9(16-10)8-11-2/h4-5,11-12H,3,6-8H2,1-2H3. The zero-order valence-corrected chi connectivity index (χ0v) is 11.7. The fraction of sp³-hybridized carbons (Fsp3) is 0.600. The van der Waals surface area contributed by atoms with Crippen LogP contribution in [0.1, 0.15) is 11.8 Å². The molecular formula is C10H18N2O3S2. The zero-order chi connectivity index (χ0) is 12.7. The summed E-state index contributed by atoms with van der Waals surface area (Å²) in [6.45, 7) is 3.84. The van der Waals surface area contributed by atoms with Crippen LogP contribution in [-0.4, -0.2) is 35.2 Å². The summed E-state index contributed by atoms with van der Waals surface area (Å²) in [5.41, 5.74) is 0. The van der Waals surface area contributed by atoms with Crippen LogP contribution in [0.25, 0.3) is 0 Å². The molecule has 7 heteroatoms. The van der Waals surface area contributed by atoms with Gasteiger partial charge in [0.05, 0.1) is 6.61 Å². The molecule has 0 bridgehead atoms. The monoisotopic (exact) mass is 278 g/mol. The predicted octanol–water partition coefficient (Wildman–Crippen LogP) is 0.782. The lowest BCUT2D eigenvalue weighted by Crippen LogP contribution is -2.26. The van der Waals surface area contributed by atoms with Crippen molar-refractivity contribution < 1.29 is 13.2 Å². The summed E-state index contributed by atoms with van der Waals surface area (Å²) < 4.78 is 31.6. The first kappa shape index (κ1) is 14.6. The normalized spacial score (nSPS) is 11.9. The van der Waals surface area contributed by atoms with Crippen molar-refractivity contribution in [2.45, 2.75) is 17.7 Å². The summed E-state index contributed by atoms with van der Waals surface area (Å²) in [6.07, 6.45) is 0. The van der Waals surface area contributed by atoms with E-state index < -0.39 is 10.0 Å². The molecule has 0 aliphatic heterocycles. The highest BCUT2D eigenvalue weighted by Crippen LogP contribution is 2.20. The fourth-order valence-electron chi connectivity index (χ4n) is 1.24. The number of hydrogen-bond donors (Lipinski definition) is 2. The largest absolute Gasteiger partial charge is 0.380 e. The van der Waals surface area contributed by atoms with Gasteiger partial charge in [-0.25, -0.2) is 13.1 Å². The molecule has 0 saturated carbocycles. The van der Waals surface area contributed by atoms with Crippen molar-refractivity contribution in [2.24, 2.45) is 0 Å². The summed E-state index contributed by atoms with van der Waals surface area (Å²) in [4.78, 5) is 0.998. The molecule has 0 fully saturated rings. The summed E-state index contributed by atoms with van der Waals surface area (Å²) in [5, 5.41) is 2.98. The third-order valence-electron chi connectivity index (χ3n) is 2.00. The number of thiophene rings is 1. The Morgan fingerprint density at radius 1 is 1.41 bits per heavy atom. The van der Waals surface area contributed by atoms with Crippen molar-refractivity contribution in [1.29, 1.82) is 0 Å². The average molecular weight is 278 g/mol. The molecule has 0 atom stereocenters. The molecule has 0 radical (unpaired) electrons. The third kappa shape index (κ3) is 4.72. The van der Waals surface area contributed by atoms with E-state index in [1.165, 1.54) is 11.3 Å². The molecule has 0 aromatic carbocycles. The van der Waals surface area contributed by atoms with Gasteiger partial charge in [-0.3, -0.25) is 0 Å². The summed E-state index contributed by atoms with van der Waals surface area (Å²) in [7, 11) is -1.55. The van der Waals surface area contributed by atoms with E-state index in [1.807, 2.05) is 20.0 Å². The molecule has 1 aromatic heterocycles. The summed E-state index contributed by atoms with van der Waals surface area (Å²) >= 11 is 1.27. The Bertz CT molecular complexity index is 429. The second-order valence-corrected chi connectivity index (χ2v) is 6.51. The van der Waals surface area contributed by atoms with Gasteiger partial charge in [0, 0.05) is 24.6 Å². The van der Waals surface area contributed by atoms with Gasteiger partial charge >= 0.3 is 0 Å². The van der Waals surface area contributed by atoms with E-state index in [0.29, 0.717) is 30.5 Å². The summed E-state index contributed by atoms with van der Waals surface area (Å²) in [6, 6.07) is 3.44. The molecule has 0 spiro atoms. The van der Waals surface area contributed by atoms with Crippen LogP contribution >= 0.6 is 11.3 Å². The maximum Gasteiger partial charge on any atom is 0.250 e. The lowest BCUT2D eigenvalue weighted by molar-refractivity contribution is 0.153. The van der Waals surface area contributed by atoms with Crippen LogP contribution in [0.4, 0.5) is 0 Å². The lowest BCUT2D eigenvalue weighted by atomic mass is 10.5. The number of nitrogens with one attached hydrogen (secondary N) is 2. The van der Waals surface area contributed by atoms with Crippen LogP contribution in [0.5, 0.6) is 0 Å². The highest BCUT2D eigenvalue weighted by atomic mass is 32.2. The number of sulfonamides is 1. The first-order chi connectivity index (χ1) is 8.10. The van der Waals surface area contributed by atoms with Gasteiger partial charge in [0.25, 0.3) is 0 Å².